The molecule has 4 aromatic rings. The van der Waals surface area contributed by atoms with Gasteiger partial charge in [0.25, 0.3) is 5.91 Å². The Kier molecular flexibility index (Phi) is 11.2. The van der Waals surface area contributed by atoms with Gasteiger partial charge in [-0.05, 0) is 60.9 Å². The number of benzene rings is 3. The molecule has 0 saturated carbocycles. The lowest BCUT2D eigenvalue weighted by molar-refractivity contribution is -0.274. The molecular weight excluding hydrogens is 620 g/mol. The third-order valence-corrected chi connectivity index (χ3v) is 7.18. The molecule has 3 aromatic carbocycles. The fraction of sp³-hybridized carbons (Fsp3) is 0.257. The van der Waals surface area contributed by atoms with Crippen LogP contribution in [0.15, 0.2) is 84.9 Å². The molecule has 0 aliphatic carbocycles. The van der Waals surface area contributed by atoms with Crippen molar-refractivity contribution in [3.63, 3.8) is 0 Å². The van der Waals surface area contributed by atoms with Crippen molar-refractivity contribution in [2.45, 2.75) is 57.8 Å². The second-order valence-electron chi connectivity index (χ2n) is 11.1. The summed E-state index contributed by atoms with van der Waals surface area (Å²) in [5.74, 6) is -2.59. The molecule has 12 heteroatoms. The highest BCUT2D eigenvalue weighted by Crippen LogP contribution is 2.42. The number of alkyl halides is 3. The van der Waals surface area contributed by atoms with E-state index in [0.29, 0.717) is 33.5 Å². The second-order valence-corrected chi connectivity index (χ2v) is 11.1. The van der Waals surface area contributed by atoms with E-state index in [9.17, 15) is 37.4 Å². The highest BCUT2D eigenvalue weighted by Gasteiger charge is 2.31. The zero-order valence-corrected chi connectivity index (χ0v) is 25.5. The van der Waals surface area contributed by atoms with E-state index in [0.717, 1.165) is 12.1 Å². The number of hydrogen-bond donors (Lipinski definition) is 4. The average Bonchev–Trinajstić information content (AvgIpc) is 3.34. The van der Waals surface area contributed by atoms with Crippen molar-refractivity contribution in [3.8, 4) is 28.0 Å². The fourth-order valence-corrected chi connectivity index (χ4v) is 5.24. The quantitative estimate of drug-likeness (QED) is 0.116. The molecule has 0 fully saturated rings. The summed E-state index contributed by atoms with van der Waals surface area (Å²) in [6, 6.07) is 19.5. The number of hydrogen-bond acceptors (Lipinski definition) is 5. The fourth-order valence-electron chi connectivity index (χ4n) is 5.24. The van der Waals surface area contributed by atoms with Gasteiger partial charge in [-0.2, -0.15) is 0 Å². The monoisotopic (exact) mass is 654 g/mol. The Labute approximate surface area is 268 Å². The lowest BCUT2D eigenvalue weighted by atomic mass is 9.94. The minimum atomic E-state index is -4.84. The van der Waals surface area contributed by atoms with Crippen molar-refractivity contribution < 1.29 is 47.2 Å². The topological polar surface area (TPSA) is 121 Å². The third kappa shape index (κ3) is 9.30. The van der Waals surface area contributed by atoms with Crippen LogP contribution in [0.3, 0.4) is 0 Å². The molecule has 0 unspecified atom stereocenters. The number of aromatic nitrogens is 1. The molecule has 0 bridgehead atoms. The van der Waals surface area contributed by atoms with E-state index in [2.05, 4.69) is 10.1 Å². The van der Waals surface area contributed by atoms with Crippen LogP contribution in [0.2, 0.25) is 0 Å². The van der Waals surface area contributed by atoms with Crippen molar-refractivity contribution in [2.75, 3.05) is 0 Å². The first-order valence-electron chi connectivity index (χ1n) is 14.7. The first-order chi connectivity index (χ1) is 22.2. The van der Waals surface area contributed by atoms with E-state index < -0.39 is 48.4 Å². The maximum absolute atomic E-state index is 14.1. The van der Waals surface area contributed by atoms with Crippen LogP contribution in [0, 0.1) is 5.82 Å². The van der Waals surface area contributed by atoms with Gasteiger partial charge in [-0.3, -0.25) is 9.59 Å². The molecule has 1 amide bonds. The number of rotatable bonds is 13. The van der Waals surface area contributed by atoms with E-state index >= 15 is 0 Å². The molecule has 0 aliphatic rings. The van der Waals surface area contributed by atoms with Crippen molar-refractivity contribution in [1.82, 2.24) is 9.88 Å². The maximum Gasteiger partial charge on any atom is 0.573 e. The van der Waals surface area contributed by atoms with Crippen LogP contribution in [-0.4, -0.2) is 50.3 Å². The zero-order chi connectivity index (χ0) is 34.3. The summed E-state index contributed by atoms with van der Waals surface area (Å²) in [6.45, 7) is 3.67. The third-order valence-electron chi connectivity index (χ3n) is 7.18. The number of carbonyl (C=O) groups is 2. The van der Waals surface area contributed by atoms with Crippen LogP contribution in [0.5, 0.6) is 5.75 Å². The maximum atomic E-state index is 14.1. The number of carbonyl (C=O) groups excluding carboxylic acids is 1. The Balaban J connectivity index is 1.83. The largest absolute Gasteiger partial charge is 0.573 e. The number of nitrogens with one attached hydrogen (secondary N) is 1. The minimum Gasteiger partial charge on any atom is -0.481 e. The molecule has 0 saturated heterocycles. The molecule has 0 radical (unpaired) electrons. The number of carboxylic acid groups (broad SMARTS) is 1. The van der Waals surface area contributed by atoms with E-state index in [1.807, 2.05) is 32.0 Å². The summed E-state index contributed by atoms with van der Waals surface area (Å²) >= 11 is 0. The highest BCUT2D eigenvalue weighted by molar-refractivity contribution is 6.06. The van der Waals surface area contributed by atoms with Gasteiger partial charge in [-0.15, -0.1) is 13.2 Å². The van der Waals surface area contributed by atoms with E-state index in [1.54, 1.807) is 34.9 Å². The van der Waals surface area contributed by atoms with E-state index in [-0.39, 0.29) is 24.7 Å². The van der Waals surface area contributed by atoms with Crippen molar-refractivity contribution in [2.24, 2.45) is 0 Å². The Morgan fingerprint density at radius 3 is 2.11 bits per heavy atom. The molecule has 4 N–H and O–H groups in total. The number of aliphatic hydroxyl groups excluding tert-OH is 2. The molecule has 248 valence electrons. The van der Waals surface area contributed by atoms with Crippen LogP contribution in [0.25, 0.3) is 28.3 Å². The average molecular weight is 655 g/mol. The highest BCUT2D eigenvalue weighted by atomic mass is 19.4. The molecule has 4 rings (SSSR count). The lowest BCUT2D eigenvalue weighted by Gasteiger charge is -2.17. The lowest BCUT2D eigenvalue weighted by Crippen LogP contribution is -2.27. The molecule has 1 aromatic heterocycles. The van der Waals surface area contributed by atoms with Gasteiger partial charge in [0.15, 0.2) is 0 Å². The Bertz CT molecular complexity index is 1700. The smallest absolute Gasteiger partial charge is 0.481 e. The number of nitrogens with zero attached hydrogens (tertiary/aromatic N) is 1. The number of amides is 1. The molecular formula is C35H34F4N2O6. The van der Waals surface area contributed by atoms with Gasteiger partial charge in [0.05, 0.1) is 18.6 Å². The summed E-state index contributed by atoms with van der Waals surface area (Å²) < 4.78 is 57.5. The number of aliphatic hydroxyl groups is 2. The standard InChI is InChI=1S/C35H34F4N2O6/c1-21(2)41-29(17-14-26(42)18-27(43)19-30(44)45)31(24-10-12-25(36)13-11-24)32(23-6-4-3-5-7-23)33(41)34(46)40-20-22-8-15-28(16-9-22)47-35(37,38)39/h3-17,21,26-27,42-43H,18-20H2,1-2H3,(H,40,46)(H,44,45)/b17-14+/t26-,27-/m1/s1. The summed E-state index contributed by atoms with van der Waals surface area (Å²) in [5, 5.41) is 32.5. The van der Waals surface area contributed by atoms with Crippen LogP contribution in [0.4, 0.5) is 17.6 Å². The molecule has 0 spiro atoms. The Hall–Kier alpha value is -4.94. The SMILES string of the molecule is CC(C)n1c(/C=C/[C@@H](O)C[C@@H](O)CC(=O)O)c(-c2ccc(F)cc2)c(-c2ccccc2)c1C(=O)NCc1ccc(OC(F)(F)F)cc1. The number of halogens is 4. The molecule has 47 heavy (non-hydrogen) atoms. The van der Waals surface area contributed by atoms with Crippen LogP contribution in [0.1, 0.15) is 54.5 Å². The van der Waals surface area contributed by atoms with Crippen molar-refractivity contribution in [1.29, 1.82) is 0 Å². The van der Waals surface area contributed by atoms with E-state index in [1.165, 1.54) is 30.3 Å². The Morgan fingerprint density at radius 1 is 0.915 bits per heavy atom. The molecule has 2 atom stereocenters. The first kappa shape index (κ1) is 34.9. The molecule has 8 nitrogen and oxygen atoms in total. The summed E-state index contributed by atoms with van der Waals surface area (Å²) in [4.78, 5) is 25.1. The molecule has 0 aliphatic heterocycles. The predicted octanol–water partition coefficient (Wildman–Crippen LogP) is 6.97. The van der Waals surface area contributed by atoms with E-state index in [4.69, 9.17) is 5.11 Å². The first-order valence-corrected chi connectivity index (χ1v) is 14.7. The van der Waals surface area contributed by atoms with Gasteiger partial charge in [0.1, 0.15) is 17.3 Å². The normalized spacial score (nSPS) is 13.1. The molecule has 1 heterocycles. The van der Waals surface area contributed by atoms with Gasteiger partial charge in [-0.1, -0.05) is 60.7 Å². The number of carboxylic acids is 1. The number of aliphatic carboxylic acids is 1. The Morgan fingerprint density at radius 2 is 1.53 bits per heavy atom. The minimum absolute atomic E-state index is 0.0279. The number of ether oxygens (including phenoxy) is 1. The van der Waals surface area contributed by atoms with Crippen LogP contribution >= 0.6 is 0 Å². The van der Waals surface area contributed by atoms with Crippen LogP contribution in [-0.2, 0) is 11.3 Å². The van der Waals surface area contributed by atoms with Crippen molar-refractivity contribution in [3.05, 3.63) is 108 Å². The van der Waals surface area contributed by atoms with Crippen molar-refractivity contribution >= 4 is 18.0 Å². The predicted molar refractivity (Wildman–Crippen MR) is 168 cm³/mol. The van der Waals surface area contributed by atoms with Gasteiger partial charge in [0, 0.05) is 35.8 Å². The summed E-state index contributed by atoms with van der Waals surface area (Å²) in [5.41, 5.74) is 3.53. The van der Waals surface area contributed by atoms with Crippen LogP contribution < -0.4 is 10.1 Å². The van der Waals surface area contributed by atoms with Gasteiger partial charge < -0.3 is 29.9 Å². The van der Waals surface area contributed by atoms with Gasteiger partial charge in [0.2, 0.25) is 0 Å². The zero-order valence-electron chi connectivity index (χ0n) is 25.5. The summed E-state index contributed by atoms with van der Waals surface area (Å²) in [6.07, 6.45) is -5.18. The van der Waals surface area contributed by atoms with Gasteiger partial charge in [-0.25, -0.2) is 4.39 Å². The summed E-state index contributed by atoms with van der Waals surface area (Å²) in [7, 11) is 0. The second kappa shape index (κ2) is 15.1. The van der Waals surface area contributed by atoms with Gasteiger partial charge >= 0.3 is 12.3 Å².